The molecule has 0 bridgehead atoms. The van der Waals surface area contributed by atoms with Gasteiger partial charge in [0.25, 0.3) is 0 Å². The molecular weight excluding hydrogens is 327 g/mol. The fourth-order valence-corrected chi connectivity index (χ4v) is 2.32. The van der Waals surface area contributed by atoms with Crippen molar-refractivity contribution in [3.05, 3.63) is 29.3 Å². The van der Waals surface area contributed by atoms with Crippen molar-refractivity contribution in [1.29, 1.82) is 0 Å². The Kier molecular flexibility index (Phi) is 10.3. The number of nitrogens with two attached hydrogens (primary N) is 2. The summed E-state index contributed by atoms with van der Waals surface area (Å²) in [6.45, 7) is 2.41. The van der Waals surface area contributed by atoms with E-state index in [1.165, 1.54) is 6.07 Å². The summed E-state index contributed by atoms with van der Waals surface area (Å²) in [7, 11) is 1.99. The molecule has 0 spiro atoms. The number of likely N-dealkylation sites (N-methyl/N-ethyl adjacent to an activating group) is 1. The van der Waals surface area contributed by atoms with E-state index in [0.717, 1.165) is 51.4 Å². The van der Waals surface area contributed by atoms with Crippen LogP contribution in [0.25, 0.3) is 0 Å². The second kappa shape index (κ2) is 10.7. The Morgan fingerprint density at radius 2 is 1.70 bits per heavy atom. The van der Waals surface area contributed by atoms with E-state index < -0.39 is 11.7 Å². The lowest BCUT2D eigenvalue weighted by Crippen LogP contribution is -2.22. The van der Waals surface area contributed by atoms with Gasteiger partial charge in [0.2, 0.25) is 0 Å². The minimum Gasteiger partial charge on any atom is -0.398 e. The molecular formula is C16H27ClF3N3. The zero-order chi connectivity index (χ0) is 16.6. The molecule has 0 saturated carbocycles. The Balaban J connectivity index is 0.00000484. The number of nitrogen functional groups attached to an aromatic ring is 1. The molecule has 0 atom stereocenters. The molecule has 0 aromatic heterocycles. The molecule has 0 aliphatic rings. The lowest BCUT2D eigenvalue weighted by molar-refractivity contribution is -0.136. The van der Waals surface area contributed by atoms with Crippen molar-refractivity contribution in [3.8, 4) is 0 Å². The van der Waals surface area contributed by atoms with Crippen molar-refractivity contribution < 1.29 is 13.2 Å². The maximum absolute atomic E-state index is 12.8. The number of alkyl halides is 3. The maximum atomic E-state index is 12.8. The van der Waals surface area contributed by atoms with Gasteiger partial charge < -0.3 is 16.4 Å². The van der Waals surface area contributed by atoms with Crippen LogP contribution in [-0.4, -0.2) is 31.6 Å². The van der Waals surface area contributed by atoms with E-state index in [2.05, 4.69) is 4.90 Å². The highest BCUT2D eigenvalue weighted by atomic mass is 35.5. The molecule has 3 nitrogen and oxygen atoms in total. The molecule has 0 saturated heterocycles. The van der Waals surface area contributed by atoms with Crippen LogP contribution in [0, 0.1) is 0 Å². The summed E-state index contributed by atoms with van der Waals surface area (Å²) in [5.74, 6) is 0. The summed E-state index contributed by atoms with van der Waals surface area (Å²) < 4.78 is 38.4. The van der Waals surface area contributed by atoms with E-state index in [9.17, 15) is 13.2 Å². The third kappa shape index (κ3) is 8.44. The first-order valence-corrected chi connectivity index (χ1v) is 7.69. The van der Waals surface area contributed by atoms with Crippen LogP contribution in [0.5, 0.6) is 0 Å². The predicted molar refractivity (Wildman–Crippen MR) is 91.8 cm³/mol. The van der Waals surface area contributed by atoms with Crippen LogP contribution in [0.1, 0.15) is 36.8 Å². The second-order valence-corrected chi connectivity index (χ2v) is 5.68. The van der Waals surface area contributed by atoms with Gasteiger partial charge in [-0.3, -0.25) is 0 Å². The molecule has 134 valence electrons. The normalized spacial score (nSPS) is 11.6. The summed E-state index contributed by atoms with van der Waals surface area (Å²) in [4.78, 5) is 2.14. The van der Waals surface area contributed by atoms with Gasteiger partial charge in [-0.2, -0.15) is 13.2 Å². The summed E-state index contributed by atoms with van der Waals surface area (Å²) in [5, 5.41) is 0. The number of halogens is 4. The Morgan fingerprint density at radius 1 is 1.04 bits per heavy atom. The molecule has 4 N–H and O–H groups in total. The van der Waals surface area contributed by atoms with Crippen LogP contribution in [-0.2, 0) is 12.6 Å². The lowest BCUT2D eigenvalue weighted by Gasteiger charge is -2.17. The molecule has 1 aromatic rings. The monoisotopic (exact) mass is 353 g/mol. The molecule has 0 fully saturated rings. The number of unbranched alkanes of at least 4 members (excludes halogenated alkanes) is 3. The van der Waals surface area contributed by atoms with Crippen LogP contribution in [0.4, 0.5) is 18.9 Å². The molecule has 0 heterocycles. The van der Waals surface area contributed by atoms with E-state index in [1.807, 2.05) is 7.05 Å². The van der Waals surface area contributed by atoms with E-state index in [1.54, 1.807) is 6.07 Å². The minimum atomic E-state index is -4.39. The maximum Gasteiger partial charge on any atom is 0.418 e. The Hall–Kier alpha value is -0.980. The van der Waals surface area contributed by atoms with Gasteiger partial charge in [0.15, 0.2) is 0 Å². The van der Waals surface area contributed by atoms with E-state index >= 15 is 0 Å². The standard InChI is InChI=1S/C16H26F3N3.ClH/c1-22(10-5-3-2-4-9-20)11-8-13-6-7-15(21)14(12-13)16(17,18)19;/h6-7,12H,2-5,8-11,20-21H2,1H3;1H. The molecule has 7 heteroatoms. The minimum absolute atomic E-state index is 0. The van der Waals surface area contributed by atoms with Crippen LogP contribution in [0.2, 0.25) is 0 Å². The van der Waals surface area contributed by atoms with Crippen LogP contribution in [0.15, 0.2) is 18.2 Å². The fraction of sp³-hybridized carbons (Fsp3) is 0.625. The summed E-state index contributed by atoms with van der Waals surface area (Å²) in [6.07, 6.45) is 0.609. The van der Waals surface area contributed by atoms with Crippen LogP contribution < -0.4 is 11.5 Å². The third-order valence-electron chi connectivity index (χ3n) is 3.70. The largest absolute Gasteiger partial charge is 0.418 e. The molecule has 0 radical (unpaired) electrons. The summed E-state index contributed by atoms with van der Waals surface area (Å²) in [6, 6.07) is 4.16. The summed E-state index contributed by atoms with van der Waals surface area (Å²) in [5.41, 5.74) is 10.5. The molecule has 1 rings (SSSR count). The first-order chi connectivity index (χ1) is 10.3. The van der Waals surface area contributed by atoms with Crippen LogP contribution >= 0.6 is 12.4 Å². The van der Waals surface area contributed by atoms with Crippen molar-refractivity contribution in [2.45, 2.75) is 38.3 Å². The first-order valence-electron chi connectivity index (χ1n) is 7.69. The molecule has 1 aromatic carbocycles. The van der Waals surface area contributed by atoms with Crippen molar-refractivity contribution in [2.75, 3.05) is 32.4 Å². The second-order valence-electron chi connectivity index (χ2n) is 5.68. The molecule has 0 aliphatic heterocycles. The number of anilines is 1. The molecule has 23 heavy (non-hydrogen) atoms. The van der Waals surface area contributed by atoms with E-state index in [-0.39, 0.29) is 18.1 Å². The average Bonchev–Trinajstić information content (AvgIpc) is 2.45. The average molecular weight is 354 g/mol. The van der Waals surface area contributed by atoms with Gasteiger partial charge >= 0.3 is 6.18 Å². The highest BCUT2D eigenvalue weighted by Gasteiger charge is 2.32. The first kappa shape index (κ1) is 22.0. The highest BCUT2D eigenvalue weighted by molar-refractivity contribution is 5.85. The lowest BCUT2D eigenvalue weighted by atomic mass is 10.1. The van der Waals surface area contributed by atoms with E-state index in [4.69, 9.17) is 11.5 Å². The van der Waals surface area contributed by atoms with Gasteiger partial charge in [0.1, 0.15) is 0 Å². The van der Waals surface area contributed by atoms with E-state index in [0.29, 0.717) is 12.0 Å². The van der Waals surface area contributed by atoms with Crippen molar-refractivity contribution in [1.82, 2.24) is 4.90 Å². The van der Waals surface area contributed by atoms with Gasteiger partial charge in [-0.25, -0.2) is 0 Å². The zero-order valence-electron chi connectivity index (χ0n) is 13.5. The highest BCUT2D eigenvalue weighted by Crippen LogP contribution is 2.34. The Bertz CT molecular complexity index is 453. The molecule has 0 aliphatic carbocycles. The Morgan fingerprint density at radius 3 is 2.30 bits per heavy atom. The number of hydrogen-bond acceptors (Lipinski definition) is 3. The predicted octanol–water partition coefficient (Wildman–Crippen LogP) is 3.70. The smallest absolute Gasteiger partial charge is 0.398 e. The fourth-order valence-electron chi connectivity index (χ4n) is 2.32. The van der Waals surface area contributed by atoms with Crippen LogP contribution in [0.3, 0.4) is 0 Å². The number of benzene rings is 1. The number of nitrogens with zero attached hydrogens (tertiary/aromatic N) is 1. The van der Waals surface area contributed by atoms with Gasteiger partial charge in [-0.1, -0.05) is 18.9 Å². The third-order valence-corrected chi connectivity index (χ3v) is 3.70. The Labute approximate surface area is 142 Å². The molecule has 0 amide bonds. The van der Waals surface area contributed by atoms with Gasteiger partial charge in [0, 0.05) is 12.2 Å². The molecule has 0 unspecified atom stereocenters. The SMILES string of the molecule is CN(CCCCCCN)CCc1ccc(N)c(C(F)(F)F)c1.Cl. The number of hydrogen-bond donors (Lipinski definition) is 2. The van der Waals surface area contributed by atoms with Gasteiger partial charge in [-0.15, -0.1) is 12.4 Å². The van der Waals surface area contributed by atoms with Crippen molar-refractivity contribution >= 4 is 18.1 Å². The summed E-state index contributed by atoms with van der Waals surface area (Å²) >= 11 is 0. The van der Waals surface area contributed by atoms with Gasteiger partial charge in [-0.05, 0) is 57.1 Å². The van der Waals surface area contributed by atoms with Crippen molar-refractivity contribution in [2.24, 2.45) is 5.73 Å². The zero-order valence-corrected chi connectivity index (χ0v) is 14.3. The van der Waals surface area contributed by atoms with Crippen molar-refractivity contribution in [3.63, 3.8) is 0 Å². The number of rotatable bonds is 9. The van der Waals surface area contributed by atoms with Gasteiger partial charge in [0.05, 0.1) is 5.56 Å². The topological polar surface area (TPSA) is 55.3 Å². The quantitative estimate of drug-likeness (QED) is 0.525.